The van der Waals surface area contributed by atoms with Gasteiger partial charge in [0.05, 0.1) is 18.4 Å². The zero-order valence-corrected chi connectivity index (χ0v) is 9.43. The Balaban J connectivity index is 2.56. The summed E-state index contributed by atoms with van der Waals surface area (Å²) >= 11 is 0. The molecular formula is C11H15N3O2. The van der Waals surface area contributed by atoms with Crippen molar-refractivity contribution in [3.63, 3.8) is 0 Å². The second-order valence-electron chi connectivity index (χ2n) is 3.21. The summed E-state index contributed by atoms with van der Waals surface area (Å²) in [7, 11) is 3.25. The van der Waals surface area contributed by atoms with Gasteiger partial charge < -0.3 is 14.8 Å². The van der Waals surface area contributed by atoms with E-state index in [1.807, 2.05) is 12.1 Å². The third-order valence-electron chi connectivity index (χ3n) is 2.12. The molecule has 1 aromatic rings. The minimum absolute atomic E-state index is 0.0447. The predicted octanol–water partition coefficient (Wildman–Crippen LogP) is 1.03. The number of nitrogens with zero attached hydrogens (tertiary/aromatic N) is 2. The van der Waals surface area contributed by atoms with Crippen LogP contribution in [0.25, 0.3) is 0 Å². The number of aromatic nitrogens is 1. The molecule has 0 aliphatic rings. The first-order chi connectivity index (χ1) is 7.81. The lowest BCUT2D eigenvalue weighted by atomic mass is 10.3. The third kappa shape index (κ3) is 3.50. The summed E-state index contributed by atoms with van der Waals surface area (Å²) in [4.78, 5) is 3.95. The van der Waals surface area contributed by atoms with Crippen molar-refractivity contribution >= 4 is 5.69 Å². The van der Waals surface area contributed by atoms with Crippen molar-refractivity contribution in [2.75, 3.05) is 32.7 Å². The topological polar surface area (TPSA) is 67.2 Å². The van der Waals surface area contributed by atoms with Gasteiger partial charge in [0, 0.05) is 27.0 Å². The molecule has 1 unspecified atom stereocenters. The monoisotopic (exact) mass is 221 g/mol. The number of hydrogen-bond donors (Lipinski definition) is 1. The second-order valence-corrected chi connectivity index (χ2v) is 3.21. The van der Waals surface area contributed by atoms with Crippen LogP contribution >= 0.6 is 0 Å². The van der Waals surface area contributed by atoms with Gasteiger partial charge in [0.2, 0.25) is 0 Å². The smallest absolute Gasteiger partial charge is 0.163 e. The molecule has 1 N–H and O–H groups in total. The summed E-state index contributed by atoms with van der Waals surface area (Å²) < 4.78 is 10.2. The normalized spacial score (nSPS) is 11.8. The van der Waals surface area contributed by atoms with Crippen LogP contribution in [0, 0.1) is 11.3 Å². The molecular weight excluding hydrogens is 206 g/mol. The van der Waals surface area contributed by atoms with E-state index < -0.39 is 0 Å². The maximum Gasteiger partial charge on any atom is 0.163 e. The maximum atomic E-state index is 8.84. The molecule has 0 saturated heterocycles. The molecule has 0 spiro atoms. The highest BCUT2D eigenvalue weighted by Gasteiger charge is 2.08. The van der Waals surface area contributed by atoms with E-state index in [2.05, 4.69) is 10.3 Å². The molecule has 1 aromatic heterocycles. The van der Waals surface area contributed by atoms with Crippen molar-refractivity contribution in [3.05, 3.63) is 24.0 Å². The lowest BCUT2D eigenvalue weighted by molar-refractivity contribution is 0.0365. The fourth-order valence-electron chi connectivity index (χ4n) is 1.26. The zero-order valence-electron chi connectivity index (χ0n) is 9.43. The van der Waals surface area contributed by atoms with Gasteiger partial charge in [0.1, 0.15) is 6.07 Å². The molecule has 0 saturated carbocycles. The highest BCUT2D eigenvalue weighted by atomic mass is 16.5. The Morgan fingerprint density at radius 1 is 1.56 bits per heavy atom. The number of methoxy groups -OCH3 is 2. The average Bonchev–Trinajstić information content (AvgIpc) is 2.34. The molecule has 0 aliphatic heterocycles. The number of pyridine rings is 1. The Morgan fingerprint density at radius 2 is 2.38 bits per heavy atom. The lowest BCUT2D eigenvalue weighted by Crippen LogP contribution is -2.26. The van der Waals surface area contributed by atoms with Crippen LogP contribution in [-0.2, 0) is 9.47 Å². The Kier molecular flexibility index (Phi) is 5.26. The van der Waals surface area contributed by atoms with Crippen molar-refractivity contribution < 1.29 is 9.47 Å². The van der Waals surface area contributed by atoms with E-state index in [0.717, 1.165) is 0 Å². The molecule has 0 fully saturated rings. The van der Waals surface area contributed by atoms with Crippen LogP contribution in [0.2, 0.25) is 0 Å². The minimum atomic E-state index is -0.0447. The number of anilines is 1. The number of rotatable bonds is 6. The molecule has 5 nitrogen and oxygen atoms in total. The molecule has 0 amide bonds. The highest BCUT2D eigenvalue weighted by Crippen LogP contribution is 2.10. The Morgan fingerprint density at radius 3 is 3.00 bits per heavy atom. The maximum absolute atomic E-state index is 8.84. The van der Waals surface area contributed by atoms with Crippen LogP contribution in [0.5, 0.6) is 0 Å². The summed E-state index contributed by atoms with van der Waals surface area (Å²) in [5, 5.41) is 11.9. The van der Waals surface area contributed by atoms with Gasteiger partial charge in [0.15, 0.2) is 5.69 Å². The first-order valence-corrected chi connectivity index (χ1v) is 4.92. The van der Waals surface area contributed by atoms with E-state index in [9.17, 15) is 0 Å². The van der Waals surface area contributed by atoms with Gasteiger partial charge in [-0.15, -0.1) is 0 Å². The summed E-state index contributed by atoms with van der Waals surface area (Å²) in [6.07, 6.45) is 1.55. The summed E-state index contributed by atoms with van der Waals surface area (Å²) in [6.45, 7) is 1.08. The lowest BCUT2D eigenvalue weighted by Gasteiger charge is -2.15. The van der Waals surface area contributed by atoms with Crippen LogP contribution in [0.3, 0.4) is 0 Å². The quantitative estimate of drug-likeness (QED) is 0.777. The van der Waals surface area contributed by atoms with Gasteiger partial charge in [0.25, 0.3) is 0 Å². The van der Waals surface area contributed by atoms with Gasteiger partial charge in [-0.1, -0.05) is 0 Å². The highest BCUT2D eigenvalue weighted by molar-refractivity contribution is 5.53. The molecule has 0 bridgehead atoms. The first kappa shape index (κ1) is 12.4. The number of hydrogen-bond acceptors (Lipinski definition) is 5. The van der Waals surface area contributed by atoms with Crippen molar-refractivity contribution in [1.29, 1.82) is 5.26 Å². The van der Waals surface area contributed by atoms with Crippen LogP contribution < -0.4 is 5.32 Å². The van der Waals surface area contributed by atoms with Gasteiger partial charge >= 0.3 is 0 Å². The molecule has 5 heteroatoms. The molecule has 1 heterocycles. The third-order valence-corrected chi connectivity index (χ3v) is 2.12. The van der Waals surface area contributed by atoms with E-state index in [4.69, 9.17) is 14.7 Å². The fourth-order valence-corrected chi connectivity index (χ4v) is 1.26. The molecule has 1 atom stereocenters. The van der Waals surface area contributed by atoms with Gasteiger partial charge in [-0.2, -0.15) is 5.26 Å². The number of nitrogens with one attached hydrogen (secondary N) is 1. The van der Waals surface area contributed by atoms with Crippen LogP contribution in [0.4, 0.5) is 5.69 Å². The summed E-state index contributed by atoms with van der Waals surface area (Å²) in [6, 6.07) is 5.61. The van der Waals surface area contributed by atoms with Crippen molar-refractivity contribution in [2.24, 2.45) is 0 Å². The van der Waals surface area contributed by atoms with Crippen molar-refractivity contribution in [1.82, 2.24) is 4.98 Å². The average molecular weight is 221 g/mol. The summed E-state index contributed by atoms with van der Waals surface area (Å²) in [5.41, 5.74) is 1.10. The molecule has 1 rings (SSSR count). The molecule has 86 valence electrons. The predicted molar refractivity (Wildman–Crippen MR) is 60.1 cm³/mol. The minimum Gasteiger partial charge on any atom is -0.382 e. The molecule has 0 aliphatic carbocycles. The second kappa shape index (κ2) is 6.77. The van der Waals surface area contributed by atoms with E-state index >= 15 is 0 Å². The molecule has 16 heavy (non-hydrogen) atoms. The first-order valence-electron chi connectivity index (χ1n) is 4.92. The van der Waals surface area contributed by atoms with Gasteiger partial charge in [-0.05, 0) is 12.1 Å². The zero-order chi connectivity index (χ0) is 11.8. The fraction of sp³-hybridized carbons (Fsp3) is 0.455. The van der Waals surface area contributed by atoms with Crippen molar-refractivity contribution in [2.45, 2.75) is 6.10 Å². The number of nitriles is 1. The van der Waals surface area contributed by atoms with E-state index in [1.165, 1.54) is 0 Å². The Bertz CT molecular complexity index is 362. The molecule has 0 aromatic carbocycles. The number of ether oxygens (including phenoxy) is 2. The van der Waals surface area contributed by atoms with E-state index in [-0.39, 0.29) is 6.10 Å². The van der Waals surface area contributed by atoms with Crippen LogP contribution in [0.1, 0.15) is 5.69 Å². The van der Waals surface area contributed by atoms with Gasteiger partial charge in [-0.25, -0.2) is 4.98 Å². The summed E-state index contributed by atoms with van der Waals surface area (Å²) in [5.74, 6) is 0. The van der Waals surface area contributed by atoms with Gasteiger partial charge in [-0.3, -0.25) is 0 Å². The Labute approximate surface area is 95.0 Å². The van der Waals surface area contributed by atoms with Crippen molar-refractivity contribution in [3.8, 4) is 6.07 Å². The largest absolute Gasteiger partial charge is 0.382 e. The Hall–Kier alpha value is -1.64. The SMILES string of the molecule is COCC(CNc1cccnc1C#N)OC. The van der Waals surface area contributed by atoms with Crippen LogP contribution in [0.15, 0.2) is 18.3 Å². The van der Waals surface area contributed by atoms with E-state index in [0.29, 0.717) is 24.5 Å². The molecule has 0 radical (unpaired) electrons. The van der Waals surface area contributed by atoms with E-state index in [1.54, 1.807) is 26.5 Å². The standard InChI is InChI=1S/C11H15N3O2/c1-15-8-9(16-2)7-14-10-4-3-5-13-11(10)6-12/h3-5,9,14H,7-8H2,1-2H3. The van der Waals surface area contributed by atoms with Crippen LogP contribution in [-0.4, -0.2) is 38.5 Å².